The van der Waals surface area contributed by atoms with Crippen LogP contribution in [-0.2, 0) is 6.54 Å². The maximum absolute atomic E-state index is 4.56. The summed E-state index contributed by atoms with van der Waals surface area (Å²) in [5, 5.41) is 4.56. The highest BCUT2D eigenvalue weighted by atomic mass is 15.3. The van der Waals surface area contributed by atoms with Crippen LogP contribution in [0, 0.1) is 6.92 Å². The minimum absolute atomic E-state index is 0.846. The summed E-state index contributed by atoms with van der Waals surface area (Å²) in [4.78, 5) is 13.6. The zero-order chi connectivity index (χ0) is 13.4. The minimum atomic E-state index is 0.846. The van der Waals surface area contributed by atoms with Crippen molar-refractivity contribution in [2.75, 3.05) is 38.1 Å². The van der Waals surface area contributed by atoms with Gasteiger partial charge in [-0.3, -0.25) is 4.68 Å². The van der Waals surface area contributed by atoms with Crippen LogP contribution >= 0.6 is 0 Å². The molecule has 2 aromatic rings. The number of rotatable bonds is 2. The van der Waals surface area contributed by atoms with Crippen LogP contribution < -0.4 is 4.90 Å². The van der Waals surface area contributed by atoms with Gasteiger partial charge in [-0.1, -0.05) is 0 Å². The summed E-state index contributed by atoms with van der Waals surface area (Å²) in [5.74, 6) is 1.03. The highest BCUT2D eigenvalue weighted by Gasteiger charge is 2.21. The van der Waals surface area contributed by atoms with Crippen molar-refractivity contribution >= 4 is 16.9 Å². The molecule has 0 spiro atoms. The zero-order valence-corrected chi connectivity index (χ0v) is 11.8. The van der Waals surface area contributed by atoms with E-state index in [-0.39, 0.29) is 0 Å². The van der Waals surface area contributed by atoms with E-state index in [0.29, 0.717) is 0 Å². The molecule has 0 saturated carbocycles. The molecule has 0 bridgehead atoms. The molecule has 0 atom stereocenters. The van der Waals surface area contributed by atoms with Gasteiger partial charge in [0, 0.05) is 32.7 Å². The molecule has 0 amide bonds. The van der Waals surface area contributed by atoms with E-state index in [9.17, 15) is 0 Å². The summed E-state index contributed by atoms with van der Waals surface area (Å²) in [5.41, 5.74) is 3.03. The van der Waals surface area contributed by atoms with Crippen LogP contribution in [0.5, 0.6) is 0 Å². The highest BCUT2D eigenvalue weighted by Crippen LogP contribution is 2.25. The molecule has 2 aromatic heterocycles. The van der Waals surface area contributed by atoms with Crippen LogP contribution in [0.3, 0.4) is 0 Å². The van der Waals surface area contributed by atoms with Crippen LogP contribution in [0.1, 0.15) is 12.6 Å². The number of anilines is 1. The fourth-order valence-electron chi connectivity index (χ4n) is 2.63. The SMILES string of the molecule is CCn1nc(C)c2ncnc(N3CCN(C)CC3)c21. The first kappa shape index (κ1) is 12.3. The number of hydrogen-bond acceptors (Lipinski definition) is 5. The lowest BCUT2D eigenvalue weighted by molar-refractivity contribution is 0.312. The third-order valence-electron chi connectivity index (χ3n) is 3.78. The third kappa shape index (κ3) is 2.06. The van der Waals surface area contributed by atoms with E-state index in [0.717, 1.165) is 55.3 Å². The maximum atomic E-state index is 4.56. The fraction of sp³-hybridized carbons (Fsp3) is 0.615. The van der Waals surface area contributed by atoms with E-state index in [4.69, 9.17) is 0 Å². The van der Waals surface area contributed by atoms with Gasteiger partial charge < -0.3 is 9.80 Å². The normalized spacial score (nSPS) is 17.3. The molecule has 1 aliphatic rings. The lowest BCUT2D eigenvalue weighted by Gasteiger charge is -2.33. The van der Waals surface area contributed by atoms with Crippen molar-refractivity contribution in [1.29, 1.82) is 0 Å². The largest absolute Gasteiger partial charge is 0.352 e. The van der Waals surface area contributed by atoms with Crippen LogP contribution in [0.2, 0.25) is 0 Å². The maximum Gasteiger partial charge on any atom is 0.158 e. The molecule has 0 aromatic carbocycles. The second kappa shape index (κ2) is 4.77. The summed E-state index contributed by atoms with van der Waals surface area (Å²) in [6.07, 6.45) is 1.66. The summed E-state index contributed by atoms with van der Waals surface area (Å²) >= 11 is 0. The molecule has 6 nitrogen and oxygen atoms in total. The quantitative estimate of drug-likeness (QED) is 0.803. The first-order chi connectivity index (χ1) is 9.20. The third-order valence-corrected chi connectivity index (χ3v) is 3.78. The van der Waals surface area contributed by atoms with E-state index >= 15 is 0 Å². The lowest BCUT2D eigenvalue weighted by Crippen LogP contribution is -2.45. The van der Waals surface area contributed by atoms with Gasteiger partial charge in [0.15, 0.2) is 5.82 Å². The number of likely N-dealkylation sites (N-methyl/N-ethyl adjacent to an activating group) is 1. The van der Waals surface area contributed by atoms with Gasteiger partial charge in [0.2, 0.25) is 0 Å². The molecule has 1 aliphatic heterocycles. The Labute approximate surface area is 113 Å². The summed E-state index contributed by atoms with van der Waals surface area (Å²) < 4.78 is 2.01. The minimum Gasteiger partial charge on any atom is -0.352 e. The number of fused-ring (bicyclic) bond motifs is 1. The molecule has 3 rings (SSSR count). The van der Waals surface area contributed by atoms with Gasteiger partial charge in [-0.15, -0.1) is 0 Å². The molecule has 102 valence electrons. The molecule has 0 unspecified atom stereocenters. The number of nitrogens with zero attached hydrogens (tertiary/aromatic N) is 6. The van der Waals surface area contributed by atoms with Gasteiger partial charge >= 0.3 is 0 Å². The Morgan fingerprint density at radius 1 is 1.16 bits per heavy atom. The van der Waals surface area contributed by atoms with Crippen molar-refractivity contribution in [3.05, 3.63) is 12.0 Å². The molecule has 6 heteroatoms. The zero-order valence-electron chi connectivity index (χ0n) is 11.8. The van der Waals surface area contributed by atoms with Gasteiger partial charge in [0.25, 0.3) is 0 Å². The number of hydrogen-bond donors (Lipinski definition) is 0. The van der Waals surface area contributed by atoms with Gasteiger partial charge in [-0.2, -0.15) is 5.10 Å². The van der Waals surface area contributed by atoms with Crippen LogP contribution in [0.15, 0.2) is 6.33 Å². The van der Waals surface area contributed by atoms with Crippen molar-refractivity contribution in [2.45, 2.75) is 20.4 Å². The van der Waals surface area contributed by atoms with Crippen molar-refractivity contribution < 1.29 is 0 Å². The fourth-order valence-corrected chi connectivity index (χ4v) is 2.63. The predicted molar refractivity (Wildman–Crippen MR) is 75.4 cm³/mol. The monoisotopic (exact) mass is 260 g/mol. The Bertz CT molecular complexity index is 582. The first-order valence-electron chi connectivity index (χ1n) is 6.82. The van der Waals surface area contributed by atoms with Crippen molar-refractivity contribution in [2.24, 2.45) is 0 Å². The van der Waals surface area contributed by atoms with Gasteiger partial charge in [0.1, 0.15) is 17.4 Å². The molecule has 3 heterocycles. The predicted octanol–water partition coefficient (Wildman–Crippen LogP) is 0.906. The summed E-state index contributed by atoms with van der Waals surface area (Å²) in [6.45, 7) is 9.13. The van der Waals surface area contributed by atoms with Gasteiger partial charge in [0.05, 0.1) is 5.69 Å². The number of aromatic nitrogens is 4. The highest BCUT2D eigenvalue weighted by molar-refractivity contribution is 5.87. The van der Waals surface area contributed by atoms with E-state index in [2.05, 4.69) is 38.8 Å². The molecule has 0 N–H and O–H groups in total. The van der Waals surface area contributed by atoms with Crippen LogP contribution in [0.4, 0.5) is 5.82 Å². The van der Waals surface area contributed by atoms with Gasteiger partial charge in [-0.05, 0) is 20.9 Å². The van der Waals surface area contributed by atoms with Crippen LogP contribution in [0.25, 0.3) is 11.0 Å². The van der Waals surface area contributed by atoms with Gasteiger partial charge in [-0.25, -0.2) is 9.97 Å². The Hall–Kier alpha value is -1.69. The second-order valence-corrected chi connectivity index (χ2v) is 5.09. The Morgan fingerprint density at radius 3 is 2.58 bits per heavy atom. The van der Waals surface area contributed by atoms with Crippen molar-refractivity contribution in [3.8, 4) is 0 Å². The first-order valence-corrected chi connectivity index (χ1v) is 6.82. The molecule has 1 saturated heterocycles. The smallest absolute Gasteiger partial charge is 0.158 e. The Kier molecular flexibility index (Phi) is 3.10. The topological polar surface area (TPSA) is 50.1 Å². The average Bonchev–Trinajstić information content (AvgIpc) is 2.77. The van der Waals surface area contributed by atoms with E-state index in [1.54, 1.807) is 6.33 Å². The molecular weight excluding hydrogens is 240 g/mol. The lowest BCUT2D eigenvalue weighted by atomic mass is 10.3. The standard InChI is InChI=1S/C13H20N6/c1-4-19-12-11(10(2)16-19)14-9-15-13(12)18-7-5-17(3)6-8-18/h9H,4-8H2,1-3H3. The van der Waals surface area contributed by atoms with E-state index in [1.165, 1.54) is 0 Å². The molecule has 19 heavy (non-hydrogen) atoms. The molecule has 1 fully saturated rings. The molecule has 0 aliphatic carbocycles. The molecular formula is C13H20N6. The van der Waals surface area contributed by atoms with Crippen molar-refractivity contribution in [1.82, 2.24) is 24.6 Å². The number of piperazine rings is 1. The summed E-state index contributed by atoms with van der Waals surface area (Å²) in [7, 11) is 2.16. The summed E-state index contributed by atoms with van der Waals surface area (Å²) in [6, 6.07) is 0. The van der Waals surface area contributed by atoms with Crippen molar-refractivity contribution in [3.63, 3.8) is 0 Å². The average molecular weight is 260 g/mol. The Morgan fingerprint density at radius 2 is 1.89 bits per heavy atom. The van der Waals surface area contributed by atoms with E-state index in [1.807, 2.05) is 11.6 Å². The number of aryl methyl sites for hydroxylation is 2. The molecule has 0 radical (unpaired) electrons. The second-order valence-electron chi connectivity index (χ2n) is 5.09. The Balaban J connectivity index is 2.08. The van der Waals surface area contributed by atoms with E-state index < -0.39 is 0 Å². The van der Waals surface area contributed by atoms with Crippen LogP contribution in [-0.4, -0.2) is 57.9 Å².